The van der Waals surface area contributed by atoms with Crippen LogP contribution in [0.2, 0.25) is 0 Å². The van der Waals surface area contributed by atoms with Crippen LogP contribution in [0.25, 0.3) is 0 Å². The molecule has 26 heavy (non-hydrogen) atoms. The van der Waals surface area contributed by atoms with E-state index in [9.17, 15) is 16.8 Å². The molecule has 0 radical (unpaired) electrons. The van der Waals surface area contributed by atoms with Crippen molar-refractivity contribution in [2.75, 3.05) is 27.9 Å². The SMILES string of the molecule is CCOc1ccccc1S(=O)(=O)Nc1cccc(N2CCCS2(=O)=O)c1. The average Bonchev–Trinajstić information content (AvgIpc) is 2.94. The lowest BCUT2D eigenvalue weighted by Gasteiger charge is -2.18. The van der Waals surface area contributed by atoms with Crippen LogP contribution in [-0.2, 0) is 20.0 Å². The van der Waals surface area contributed by atoms with Crippen LogP contribution in [0.3, 0.4) is 0 Å². The summed E-state index contributed by atoms with van der Waals surface area (Å²) in [5.41, 5.74) is 0.733. The second kappa shape index (κ2) is 7.16. The van der Waals surface area contributed by atoms with Gasteiger partial charge in [-0.2, -0.15) is 0 Å². The minimum absolute atomic E-state index is 0.0287. The van der Waals surface area contributed by atoms with Crippen molar-refractivity contribution in [3.63, 3.8) is 0 Å². The van der Waals surface area contributed by atoms with Gasteiger partial charge >= 0.3 is 0 Å². The molecule has 0 aromatic heterocycles. The van der Waals surface area contributed by atoms with Gasteiger partial charge in [-0.25, -0.2) is 16.8 Å². The van der Waals surface area contributed by atoms with Crippen molar-refractivity contribution in [3.05, 3.63) is 48.5 Å². The lowest BCUT2D eigenvalue weighted by Crippen LogP contribution is -2.25. The summed E-state index contributed by atoms with van der Waals surface area (Å²) in [4.78, 5) is 0.0287. The monoisotopic (exact) mass is 396 g/mol. The van der Waals surface area contributed by atoms with E-state index in [4.69, 9.17) is 4.74 Å². The molecule has 1 aliphatic heterocycles. The Morgan fingerprint density at radius 2 is 1.92 bits per heavy atom. The molecular weight excluding hydrogens is 376 g/mol. The topological polar surface area (TPSA) is 92.8 Å². The van der Waals surface area contributed by atoms with Crippen LogP contribution in [-0.4, -0.2) is 35.7 Å². The fraction of sp³-hybridized carbons (Fsp3) is 0.294. The maximum atomic E-state index is 12.7. The van der Waals surface area contributed by atoms with Crippen molar-refractivity contribution in [1.82, 2.24) is 0 Å². The minimum Gasteiger partial charge on any atom is -0.492 e. The Bertz CT molecular complexity index is 1000. The third kappa shape index (κ3) is 3.78. The maximum absolute atomic E-state index is 12.7. The number of anilines is 2. The predicted octanol–water partition coefficient (Wildman–Crippen LogP) is 2.43. The molecule has 1 saturated heterocycles. The summed E-state index contributed by atoms with van der Waals surface area (Å²) in [7, 11) is -7.21. The van der Waals surface area contributed by atoms with E-state index in [1.54, 1.807) is 43.3 Å². The third-order valence-electron chi connectivity index (χ3n) is 3.92. The largest absolute Gasteiger partial charge is 0.492 e. The number of rotatable bonds is 6. The van der Waals surface area contributed by atoms with Crippen LogP contribution >= 0.6 is 0 Å². The number of benzene rings is 2. The number of nitrogens with zero attached hydrogens (tertiary/aromatic N) is 1. The average molecular weight is 396 g/mol. The summed E-state index contributed by atoms with van der Waals surface area (Å²) in [5, 5.41) is 0. The molecule has 7 nitrogen and oxygen atoms in total. The zero-order chi connectivity index (χ0) is 18.8. The van der Waals surface area contributed by atoms with Gasteiger partial charge in [0, 0.05) is 6.54 Å². The van der Waals surface area contributed by atoms with Crippen LogP contribution in [0.1, 0.15) is 13.3 Å². The molecule has 1 heterocycles. The molecule has 0 amide bonds. The Kier molecular flexibility index (Phi) is 5.10. The number of nitrogens with one attached hydrogen (secondary N) is 1. The highest BCUT2D eigenvalue weighted by molar-refractivity contribution is 7.93. The standard InChI is InChI=1S/C17H20N2O5S2/c1-2-24-16-9-3-4-10-17(16)26(22,23)18-14-7-5-8-15(13-14)19-11-6-12-25(19,20)21/h3-5,7-10,13,18H,2,6,11-12H2,1H3. The van der Waals surface area contributed by atoms with Crippen LogP contribution in [0.5, 0.6) is 5.75 Å². The molecule has 0 saturated carbocycles. The van der Waals surface area contributed by atoms with Gasteiger partial charge in [0.25, 0.3) is 10.0 Å². The van der Waals surface area contributed by atoms with Crippen molar-refractivity contribution in [1.29, 1.82) is 0 Å². The van der Waals surface area contributed by atoms with Crippen molar-refractivity contribution < 1.29 is 21.6 Å². The van der Waals surface area contributed by atoms with E-state index in [0.29, 0.717) is 25.3 Å². The summed E-state index contributed by atoms with van der Waals surface area (Å²) >= 11 is 0. The Balaban J connectivity index is 1.91. The van der Waals surface area contributed by atoms with E-state index in [0.717, 1.165) is 0 Å². The summed E-state index contributed by atoms with van der Waals surface area (Å²) < 4.78 is 58.8. The second-order valence-corrected chi connectivity index (χ2v) is 9.44. The first-order valence-electron chi connectivity index (χ1n) is 8.18. The van der Waals surface area contributed by atoms with Gasteiger partial charge in [0.1, 0.15) is 10.6 Å². The molecule has 0 aliphatic carbocycles. The molecule has 0 unspecified atom stereocenters. The molecule has 2 aromatic rings. The Labute approximate surface area is 153 Å². The van der Waals surface area contributed by atoms with E-state index >= 15 is 0 Å². The quantitative estimate of drug-likeness (QED) is 0.809. The lowest BCUT2D eigenvalue weighted by atomic mass is 10.3. The first-order valence-corrected chi connectivity index (χ1v) is 11.3. The second-order valence-electron chi connectivity index (χ2n) is 5.78. The smallest absolute Gasteiger partial charge is 0.265 e. The molecule has 3 rings (SSSR count). The van der Waals surface area contributed by atoms with Gasteiger partial charge in [0.15, 0.2) is 0 Å². The Morgan fingerprint density at radius 3 is 2.62 bits per heavy atom. The van der Waals surface area contributed by atoms with Gasteiger partial charge in [-0.15, -0.1) is 0 Å². The van der Waals surface area contributed by atoms with Crippen molar-refractivity contribution in [3.8, 4) is 5.75 Å². The first-order chi connectivity index (χ1) is 12.3. The van der Waals surface area contributed by atoms with Crippen LogP contribution in [0.15, 0.2) is 53.4 Å². The summed E-state index contributed by atoms with van der Waals surface area (Å²) in [6.07, 6.45) is 0.556. The molecular formula is C17H20N2O5S2. The fourth-order valence-electron chi connectivity index (χ4n) is 2.81. The summed E-state index contributed by atoms with van der Waals surface area (Å²) in [6.45, 7) is 2.51. The van der Waals surface area contributed by atoms with Gasteiger partial charge in [-0.1, -0.05) is 18.2 Å². The molecule has 0 atom stereocenters. The van der Waals surface area contributed by atoms with Crippen LogP contribution < -0.4 is 13.8 Å². The van der Waals surface area contributed by atoms with Gasteiger partial charge in [-0.3, -0.25) is 9.03 Å². The van der Waals surface area contributed by atoms with Crippen LogP contribution in [0.4, 0.5) is 11.4 Å². The lowest BCUT2D eigenvalue weighted by molar-refractivity contribution is 0.331. The first kappa shape index (κ1) is 18.5. The molecule has 2 aromatic carbocycles. The number of hydrogen-bond donors (Lipinski definition) is 1. The van der Waals surface area contributed by atoms with E-state index < -0.39 is 20.0 Å². The van der Waals surface area contributed by atoms with Gasteiger partial charge in [0.2, 0.25) is 10.0 Å². The highest BCUT2D eigenvalue weighted by Gasteiger charge is 2.28. The van der Waals surface area contributed by atoms with Crippen molar-refractivity contribution in [2.24, 2.45) is 0 Å². The third-order valence-corrected chi connectivity index (χ3v) is 7.21. The number of sulfonamides is 2. The number of ether oxygens (including phenoxy) is 1. The molecule has 0 bridgehead atoms. The van der Waals surface area contributed by atoms with E-state index in [2.05, 4.69) is 4.72 Å². The van der Waals surface area contributed by atoms with Crippen LogP contribution in [0, 0.1) is 0 Å². The predicted molar refractivity (Wildman–Crippen MR) is 101 cm³/mol. The fourth-order valence-corrected chi connectivity index (χ4v) is 5.56. The maximum Gasteiger partial charge on any atom is 0.265 e. The molecule has 1 aliphatic rings. The highest BCUT2D eigenvalue weighted by atomic mass is 32.2. The summed E-state index contributed by atoms with van der Waals surface area (Å²) in [6, 6.07) is 12.7. The zero-order valence-corrected chi connectivity index (χ0v) is 15.9. The van der Waals surface area contributed by atoms with E-state index in [1.165, 1.54) is 16.4 Å². The molecule has 1 fully saturated rings. The van der Waals surface area contributed by atoms with Gasteiger partial charge in [-0.05, 0) is 43.7 Å². The molecule has 1 N–H and O–H groups in total. The van der Waals surface area contributed by atoms with E-state index in [1.807, 2.05) is 0 Å². The molecule has 0 spiro atoms. The van der Waals surface area contributed by atoms with E-state index in [-0.39, 0.29) is 22.1 Å². The Hall–Kier alpha value is -2.26. The van der Waals surface area contributed by atoms with Crippen molar-refractivity contribution >= 4 is 31.4 Å². The number of hydrogen-bond acceptors (Lipinski definition) is 5. The normalized spacial score (nSPS) is 16.4. The van der Waals surface area contributed by atoms with Gasteiger partial charge in [0.05, 0.1) is 23.7 Å². The van der Waals surface area contributed by atoms with Crippen molar-refractivity contribution in [2.45, 2.75) is 18.2 Å². The number of para-hydroxylation sites is 1. The van der Waals surface area contributed by atoms with Gasteiger partial charge < -0.3 is 4.74 Å². The summed E-state index contributed by atoms with van der Waals surface area (Å²) in [5.74, 6) is 0.366. The minimum atomic E-state index is -3.88. The highest BCUT2D eigenvalue weighted by Crippen LogP contribution is 2.29. The molecule has 9 heteroatoms. The Morgan fingerprint density at radius 1 is 1.15 bits per heavy atom. The molecule has 140 valence electrons. The zero-order valence-electron chi connectivity index (χ0n) is 14.3.